The highest BCUT2D eigenvalue weighted by Crippen LogP contribution is 2.09. The third-order valence-electron chi connectivity index (χ3n) is 2.25. The summed E-state index contributed by atoms with van der Waals surface area (Å²) in [6, 6.07) is 7.59. The minimum atomic E-state index is 0.479. The van der Waals surface area contributed by atoms with E-state index in [0.29, 0.717) is 4.77 Å². The van der Waals surface area contributed by atoms with E-state index in [2.05, 4.69) is 15.3 Å². The Bertz CT molecular complexity index is 582. The molecule has 0 bridgehead atoms. The van der Waals surface area contributed by atoms with Crippen LogP contribution in [0.25, 0.3) is 0 Å². The molecule has 0 saturated carbocycles. The fourth-order valence-electron chi connectivity index (χ4n) is 1.32. The molecule has 0 saturated heterocycles. The molecule has 0 aliphatic carbocycles. The maximum atomic E-state index is 5.08. The fraction of sp³-hybridized carbons (Fsp3) is 0.182. The highest BCUT2D eigenvalue weighted by Gasteiger charge is 1.97. The molecule has 0 aliphatic rings. The number of rotatable bonds is 3. The van der Waals surface area contributed by atoms with Crippen molar-refractivity contribution in [2.24, 2.45) is 5.10 Å². The molecule has 88 valence electrons. The van der Waals surface area contributed by atoms with E-state index in [1.807, 2.05) is 31.2 Å². The van der Waals surface area contributed by atoms with Crippen molar-refractivity contribution < 1.29 is 4.74 Å². The Kier molecular flexibility index (Phi) is 3.34. The van der Waals surface area contributed by atoms with Gasteiger partial charge in [0.25, 0.3) is 0 Å². The Morgan fingerprint density at radius 2 is 2.12 bits per heavy atom. The molecule has 0 fully saturated rings. The Balaban J connectivity index is 2.23. The van der Waals surface area contributed by atoms with Gasteiger partial charge >= 0.3 is 0 Å². The van der Waals surface area contributed by atoms with Crippen LogP contribution in [-0.4, -0.2) is 28.2 Å². The van der Waals surface area contributed by atoms with Crippen LogP contribution in [0.5, 0.6) is 5.75 Å². The van der Waals surface area contributed by atoms with E-state index in [1.54, 1.807) is 18.0 Å². The summed E-state index contributed by atoms with van der Waals surface area (Å²) < 4.78 is 7.12. The van der Waals surface area contributed by atoms with Gasteiger partial charge in [0.15, 0.2) is 0 Å². The summed E-state index contributed by atoms with van der Waals surface area (Å²) in [4.78, 5) is 0. The number of H-pyrrole nitrogens is 1. The molecule has 0 unspecified atom stereocenters. The second kappa shape index (κ2) is 4.92. The number of methoxy groups -OCH3 is 1. The van der Waals surface area contributed by atoms with Crippen LogP contribution in [0.2, 0.25) is 0 Å². The van der Waals surface area contributed by atoms with Crippen molar-refractivity contribution in [3.63, 3.8) is 0 Å². The van der Waals surface area contributed by atoms with E-state index in [-0.39, 0.29) is 0 Å². The topological polar surface area (TPSA) is 55.2 Å². The van der Waals surface area contributed by atoms with Crippen molar-refractivity contribution >= 4 is 18.4 Å². The standard InChI is InChI=1S/C11H12N4OS/c1-8-13-14-11(17)15(8)12-7-9-3-5-10(16-2)6-4-9/h3-7H,1-2H3,(H,14,17)/b12-7+. The van der Waals surface area contributed by atoms with Crippen LogP contribution < -0.4 is 4.74 Å². The first-order valence-electron chi connectivity index (χ1n) is 5.03. The lowest BCUT2D eigenvalue weighted by Gasteiger charge is -1.99. The predicted octanol–water partition coefficient (Wildman–Crippen LogP) is 2.14. The van der Waals surface area contributed by atoms with Gasteiger partial charge in [0.2, 0.25) is 4.77 Å². The molecule has 6 heteroatoms. The number of aryl methyl sites for hydroxylation is 1. The number of ether oxygens (including phenoxy) is 1. The summed E-state index contributed by atoms with van der Waals surface area (Å²) in [7, 11) is 1.64. The number of hydrogen-bond donors (Lipinski definition) is 1. The third kappa shape index (κ3) is 2.59. The van der Waals surface area contributed by atoms with E-state index in [1.165, 1.54) is 0 Å². The van der Waals surface area contributed by atoms with Crippen molar-refractivity contribution in [3.8, 4) is 5.75 Å². The second-order valence-corrected chi connectivity index (χ2v) is 3.79. The first-order chi connectivity index (χ1) is 8.20. The highest BCUT2D eigenvalue weighted by atomic mass is 32.1. The van der Waals surface area contributed by atoms with Crippen LogP contribution in [0.3, 0.4) is 0 Å². The Hall–Kier alpha value is -1.95. The van der Waals surface area contributed by atoms with Gasteiger partial charge in [-0.05, 0) is 49.0 Å². The molecular weight excluding hydrogens is 236 g/mol. The van der Waals surface area contributed by atoms with Gasteiger partial charge in [0.05, 0.1) is 13.3 Å². The molecule has 1 N–H and O–H groups in total. The van der Waals surface area contributed by atoms with Crippen molar-refractivity contribution in [1.29, 1.82) is 0 Å². The molecular formula is C11H12N4OS. The van der Waals surface area contributed by atoms with Gasteiger partial charge in [0.1, 0.15) is 11.6 Å². The van der Waals surface area contributed by atoms with Crippen LogP contribution >= 0.6 is 12.2 Å². The first kappa shape index (κ1) is 11.5. The van der Waals surface area contributed by atoms with Gasteiger partial charge in [-0.1, -0.05) is 0 Å². The summed E-state index contributed by atoms with van der Waals surface area (Å²) in [5.74, 6) is 1.54. The smallest absolute Gasteiger partial charge is 0.216 e. The molecule has 0 amide bonds. The average molecular weight is 248 g/mol. The lowest BCUT2D eigenvalue weighted by atomic mass is 10.2. The minimum Gasteiger partial charge on any atom is -0.497 e. The zero-order valence-electron chi connectivity index (χ0n) is 9.54. The maximum Gasteiger partial charge on any atom is 0.216 e. The van der Waals surface area contributed by atoms with Crippen LogP contribution in [0.4, 0.5) is 0 Å². The normalized spacial score (nSPS) is 10.9. The van der Waals surface area contributed by atoms with Gasteiger partial charge in [-0.15, -0.1) is 0 Å². The van der Waals surface area contributed by atoms with Crippen molar-refractivity contribution in [2.75, 3.05) is 7.11 Å². The van der Waals surface area contributed by atoms with Crippen LogP contribution in [-0.2, 0) is 0 Å². The molecule has 0 atom stereocenters. The molecule has 0 aliphatic heterocycles. The fourth-order valence-corrected chi connectivity index (χ4v) is 1.55. The number of nitrogens with zero attached hydrogens (tertiary/aromatic N) is 3. The molecule has 0 spiro atoms. The minimum absolute atomic E-state index is 0.479. The molecule has 1 heterocycles. The van der Waals surface area contributed by atoms with Crippen LogP contribution in [0.1, 0.15) is 11.4 Å². The molecule has 1 aromatic carbocycles. The summed E-state index contributed by atoms with van der Waals surface area (Å²) in [5, 5.41) is 10.9. The van der Waals surface area contributed by atoms with Crippen molar-refractivity contribution in [1.82, 2.24) is 14.9 Å². The van der Waals surface area contributed by atoms with Gasteiger partial charge in [-0.25, -0.2) is 0 Å². The molecule has 2 aromatic rings. The van der Waals surface area contributed by atoms with Crippen LogP contribution in [0.15, 0.2) is 29.4 Å². The summed E-state index contributed by atoms with van der Waals surface area (Å²) in [6.07, 6.45) is 1.72. The predicted molar refractivity (Wildman–Crippen MR) is 68.1 cm³/mol. The van der Waals surface area contributed by atoms with Gasteiger partial charge in [0, 0.05) is 0 Å². The lowest BCUT2D eigenvalue weighted by Crippen LogP contribution is -1.93. The average Bonchev–Trinajstić information content (AvgIpc) is 2.67. The lowest BCUT2D eigenvalue weighted by molar-refractivity contribution is 0.415. The summed E-state index contributed by atoms with van der Waals surface area (Å²) >= 11 is 5.04. The molecule has 2 rings (SSSR count). The summed E-state index contributed by atoms with van der Waals surface area (Å²) in [6.45, 7) is 1.83. The molecule has 17 heavy (non-hydrogen) atoms. The van der Waals surface area contributed by atoms with Gasteiger partial charge in [-0.2, -0.15) is 14.9 Å². The molecule has 5 nitrogen and oxygen atoms in total. The van der Waals surface area contributed by atoms with E-state index in [0.717, 1.165) is 17.1 Å². The first-order valence-corrected chi connectivity index (χ1v) is 5.44. The van der Waals surface area contributed by atoms with E-state index in [4.69, 9.17) is 17.0 Å². The SMILES string of the molecule is COc1ccc(/C=N/n2c(C)n[nH]c2=S)cc1. The number of nitrogens with one attached hydrogen (secondary N) is 1. The van der Waals surface area contributed by atoms with Gasteiger partial charge < -0.3 is 4.74 Å². The number of aromatic amines is 1. The van der Waals surface area contributed by atoms with Gasteiger partial charge in [-0.3, -0.25) is 5.10 Å². The van der Waals surface area contributed by atoms with Crippen molar-refractivity contribution in [2.45, 2.75) is 6.92 Å². The Morgan fingerprint density at radius 3 is 2.65 bits per heavy atom. The van der Waals surface area contributed by atoms with E-state index < -0.39 is 0 Å². The van der Waals surface area contributed by atoms with Crippen molar-refractivity contribution in [3.05, 3.63) is 40.4 Å². The Morgan fingerprint density at radius 1 is 1.41 bits per heavy atom. The molecule has 0 radical (unpaired) electrons. The van der Waals surface area contributed by atoms with Crippen LogP contribution in [0, 0.1) is 11.7 Å². The summed E-state index contributed by atoms with van der Waals surface area (Å²) in [5.41, 5.74) is 0.966. The zero-order chi connectivity index (χ0) is 12.3. The monoisotopic (exact) mass is 248 g/mol. The largest absolute Gasteiger partial charge is 0.497 e. The number of aromatic nitrogens is 3. The second-order valence-electron chi connectivity index (χ2n) is 3.41. The van der Waals surface area contributed by atoms with E-state index >= 15 is 0 Å². The quantitative estimate of drug-likeness (QED) is 0.668. The Labute approximate surface area is 104 Å². The zero-order valence-corrected chi connectivity index (χ0v) is 10.4. The maximum absolute atomic E-state index is 5.08. The number of hydrogen-bond acceptors (Lipinski definition) is 4. The number of benzene rings is 1. The highest BCUT2D eigenvalue weighted by molar-refractivity contribution is 7.71. The molecule has 1 aromatic heterocycles. The third-order valence-corrected chi connectivity index (χ3v) is 2.51. The van der Waals surface area contributed by atoms with E-state index in [9.17, 15) is 0 Å².